The first kappa shape index (κ1) is 21.2. The molecule has 0 aromatic heterocycles. The van der Waals surface area contributed by atoms with E-state index in [9.17, 15) is 9.59 Å². The molecule has 1 N–H and O–H groups in total. The maximum absolute atomic E-state index is 13.2. The Labute approximate surface area is 186 Å². The number of methoxy groups -OCH3 is 1. The van der Waals surface area contributed by atoms with E-state index >= 15 is 0 Å². The van der Waals surface area contributed by atoms with Crippen LogP contribution in [0.3, 0.4) is 0 Å². The van der Waals surface area contributed by atoms with Crippen LogP contribution in [-0.2, 0) is 11.3 Å². The topological polar surface area (TPSA) is 58.6 Å². The quantitative estimate of drug-likeness (QED) is 0.632. The smallest absolute Gasteiger partial charge is 0.254 e. The molecule has 0 radical (unpaired) electrons. The van der Waals surface area contributed by atoms with E-state index in [1.54, 1.807) is 7.11 Å². The zero-order valence-corrected chi connectivity index (χ0v) is 18.2. The van der Waals surface area contributed by atoms with Gasteiger partial charge in [0.1, 0.15) is 5.75 Å². The predicted molar refractivity (Wildman–Crippen MR) is 122 cm³/mol. The number of hydrogen-bond acceptors (Lipinski definition) is 3. The second-order valence-corrected chi connectivity index (χ2v) is 8.21. The SMILES string of the molecule is COc1ccc(C(=O)N2CCC(C(=O)NCc3cccc(Cl)c3)CC2)c2ccccc12. The van der Waals surface area contributed by atoms with Gasteiger partial charge in [0.05, 0.1) is 7.11 Å². The van der Waals surface area contributed by atoms with Crippen molar-refractivity contribution in [1.29, 1.82) is 0 Å². The molecular weight excluding hydrogens is 412 g/mol. The number of carbonyl (C=O) groups is 2. The minimum absolute atomic E-state index is 0.00311. The number of benzene rings is 3. The van der Waals surface area contributed by atoms with Crippen LogP contribution in [0.1, 0.15) is 28.8 Å². The summed E-state index contributed by atoms with van der Waals surface area (Å²) in [6, 6.07) is 18.9. The van der Waals surface area contributed by atoms with Crippen molar-refractivity contribution in [3.63, 3.8) is 0 Å². The van der Waals surface area contributed by atoms with Crippen LogP contribution in [0.15, 0.2) is 60.7 Å². The van der Waals surface area contributed by atoms with Gasteiger partial charge in [0.15, 0.2) is 0 Å². The molecule has 0 aliphatic carbocycles. The number of fused-ring (bicyclic) bond motifs is 1. The molecule has 6 heteroatoms. The third kappa shape index (κ3) is 4.67. The molecule has 31 heavy (non-hydrogen) atoms. The Balaban J connectivity index is 1.38. The standard InChI is InChI=1S/C25H25ClN2O3/c1-31-23-10-9-22(20-7-2-3-8-21(20)23)25(30)28-13-11-18(12-14-28)24(29)27-16-17-5-4-6-19(26)15-17/h2-10,15,18H,11-14,16H2,1H3,(H,27,29). The fourth-order valence-corrected chi connectivity index (χ4v) is 4.34. The molecule has 0 unspecified atom stereocenters. The highest BCUT2D eigenvalue weighted by atomic mass is 35.5. The van der Waals surface area contributed by atoms with Crippen LogP contribution in [0.4, 0.5) is 0 Å². The highest BCUT2D eigenvalue weighted by Gasteiger charge is 2.28. The zero-order chi connectivity index (χ0) is 21.8. The van der Waals surface area contributed by atoms with Crippen molar-refractivity contribution < 1.29 is 14.3 Å². The van der Waals surface area contributed by atoms with E-state index in [2.05, 4.69) is 5.32 Å². The van der Waals surface area contributed by atoms with Gasteiger partial charge in [0, 0.05) is 41.5 Å². The second-order valence-electron chi connectivity index (χ2n) is 7.78. The van der Waals surface area contributed by atoms with Gasteiger partial charge in [-0.05, 0) is 48.1 Å². The molecule has 2 amide bonds. The van der Waals surface area contributed by atoms with Gasteiger partial charge in [0.25, 0.3) is 5.91 Å². The maximum atomic E-state index is 13.2. The van der Waals surface area contributed by atoms with Crippen molar-refractivity contribution in [2.24, 2.45) is 5.92 Å². The van der Waals surface area contributed by atoms with Crippen LogP contribution in [0.5, 0.6) is 5.75 Å². The molecular formula is C25H25ClN2O3. The third-order valence-electron chi connectivity index (χ3n) is 5.84. The van der Waals surface area contributed by atoms with E-state index in [4.69, 9.17) is 16.3 Å². The molecule has 4 rings (SSSR count). The van der Waals surface area contributed by atoms with Gasteiger partial charge < -0.3 is 15.0 Å². The van der Waals surface area contributed by atoms with E-state index in [-0.39, 0.29) is 17.7 Å². The van der Waals surface area contributed by atoms with Gasteiger partial charge in [-0.3, -0.25) is 9.59 Å². The Bertz CT molecular complexity index is 1110. The van der Waals surface area contributed by atoms with Crippen LogP contribution in [-0.4, -0.2) is 36.9 Å². The molecule has 1 fully saturated rings. The molecule has 1 aliphatic rings. The number of carbonyl (C=O) groups excluding carboxylic acids is 2. The molecule has 0 saturated carbocycles. The molecule has 0 atom stereocenters. The second kappa shape index (κ2) is 9.40. The number of nitrogens with one attached hydrogen (secondary N) is 1. The molecule has 3 aromatic rings. The molecule has 1 heterocycles. The maximum Gasteiger partial charge on any atom is 0.254 e. The minimum Gasteiger partial charge on any atom is -0.496 e. The van der Waals surface area contributed by atoms with E-state index in [0.717, 1.165) is 22.1 Å². The van der Waals surface area contributed by atoms with Crippen molar-refractivity contribution in [3.05, 3.63) is 76.8 Å². The molecule has 0 spiro atoms. The summed E-state index contributed by atoms with van der Waals surface area (Å²) in [7, 11) is 1.63. The number of amides is 2. The molecule has 1 aliphatic heterocycles. The summed E-state index contributed by atoms with van der Waals surface area (Å²) in [4.78, 5) is 27.6. The number of piperidine rings is 1. The van der Waals surface area contributed by atoms with Crippen molar-refractivity contribution in [2.45, 2.75) is 19.4 Å². The Kier molecular flexibility index (Phi) is 6.42. The number of likely N-dealkylation sites (tertiary alicyclic amines) is 1. The van der Waals surface area contributed by atoms with Crippen molar-refractivity contribution in [3.8, 4) is 5.75 Å². The van der Waals surface area contributed by atoms with E-state index in [0.29, 0.717) is 43.1 Å². The summed E-state index contributed by atoms with van der Waals surface area (Å²) in [5, 5.41) is 5.46. The summed E-state index contributed by atoms with van der Waals surface area (Å²) in [6.45, 7) is 1.58. The first-order chi connectivity index (χ1) is 15.1. The largest absolute Gasteiger partial charge is 0.496 e. The Morgan fingerprint density at radius 1 is 1.03 bits per heavy atom. The number of halogens is 1. The Morgan fingerprint density at radius 3 is 2.48 bits per heavy atom. The first-order valence-corrected chi connectivity index (χ1v) is 10.8. The van der Waals surface area contributed by atoms with Gasteiger partial charge in [-0.2, -0.15) is 0 Å². The summed E-state index contributed by atoms with van der Waals surface area (Å²) < 4.78 is 5.43. The van der Waals surface area contributed by atoms with Gasteiger partial charge in [0.2, 0.25) is 5.91 Å². The molecule has 5 nitrogen and oxygen atoms in total. The number of rotatable bonds is 5. The highest BCUT2D eigenvalue weighted by Crippen LogP contribution is 2.30. The lowest BCUT2D eigenvalue weighted by atomic mass is 9.94. The average Bonchev–Trinajstić information content (AvgIpc) is 2.81. The van der Waals surface area contributed by atoms with Gasteiger partial charge in [-0.15, -0.1) is 0 Å². The number of hydrogen-bond donors (Lipinski definition) is 1. The lowest BCUT2D eigenvalue weighted by Crippen LogP contribution is -2.43. The van der Waals surface area contributed by atoms with E-state index < -0.39 is 0 Å². The van der Waals surface area contributed by atoms with Gasteiger partial charge in [-0.25, -0.2) is 0 Å². The van der Waals surface area contributed by atoms with Crippen molar-refractivity contribution in [1.82, 2.24) is 10.2 Å². The molecule has 160 valence electrons. The third-order valence-corrected chi connectivity index (χ3v) is 6.08. The molecule has 1 saturated heterocycles. The van der Waals surface area contributed by atoms with Crippen LogP contribution < -0.4 is 10.1 Å². The number of nitrogens with zero attached hydrogens (tertiary/aromatic N) is 1. The van der Waals surface area contributed by atoms with Crippen molar-refractivity contribution >= 4 is 34.2 Å². The first-order valence-electron chi connectivity index (χ1n) is 10.4. The lowest BCUT2D eigenvalue weighted by molar-refractivity contribution is -0.126. The summed E-state index contributed by atoms with van der Waals surface area (Å²) in [5.41, 5.74) is 1.64. The lowest BCUT2D eigenvalue weighted by Gasteiger charge is -2.31. The number of ether oxygens (including phenoxy) is 1. The van der Waals surface area contributed by atoms with Crippen LogP contribution in [0.25, 0.3) is 10.8 Å². The van der Waals surface area contributed by atoms with Crippen LogP contribution in [0.2, 0.25) is 5.02 Å². The normalized spacial score (nSPS) is 14.5. The molecule has 0 bridgehead atoms. The molecule has 3 aromatic carbocycles. The zero-order valence-electron chi connectivity index (χ0n) is 17.4. The van der Waals surface area contributed by atoms with Crippen molar-refractivity contribution in [2.75, 3.05) is 20.2 Å². The fourth-order valence-electron chi connectivity index (χ4n) is 4.13. The summed E-state index contributed by atoms with van der Waals surface area (Å²) >= 11 is 6.00. The minimum atomic E-state index is -0.0872. The summed E-state index contributed by atoms with van der Waals surface area (Å²) in [6.07, 6.45) is 1.31. The predicted octanol–water partition coefficient (Wildman–Crippen LogP) is 4.67. The van der Waals surface area contributed by atoms with Crippen LogP contribution >= 0.6 is 11.6 Å². The summed E-state index contributed by atoms with van der Waals surface area (Å²) in [5.74, 6) is 0.691. The van der Waals surface area contributed by atoms with E-state index in [1.165, 1.54) is 0 Å². The van der Waals surface area contributed by atoms with Crippen LogP contribution in [0, 0.1) is 5.92 Å². The fraction of sp³-hybridized carbons (Fsp3) is 0.280. The average molecular weight is 437 g/mol. The monoisotopic (exact) mass is 436 g/mol. The van der Waals surface area contributed by atoms with Gasteiger partial charge >= 0.3 is 0 Å². The Morgan fingerprint density at radius 2 is 1.77 bits per heavy atom. The van der Waals surface area contributed by atoms with E-state index in [1.807, 2.05) is 65.6 Å². The highest BCUT2D eigenvalue weighted by molar-refractivity contribution is 6.30. The van der Waals surface area contributed by atoms with Gasteiger partial charge in [-0.1, -0.05) is 48.0 Å². The Hall–Kier alpha value is -3.05.